The van der Waals surface area contributed by atoms with Crippen molar-refractivity contribution in [2.75, 3.05) is 0 Å². The first kappa shape index (κ1) is 11.2. The molecule has 1 aliphatic carbocycles. The molecule has 17 heavy (non-hydrogen) atoms. The van der Waals surface area contributed by atoms with Crippen molar-refractivity contribution in [3.05, 3.63) is 39.9 Å². The van der Waals surface area contributed by atoms with Gasteiger partial charge >= 0.3 is 0 Å². The number of aryl methyl sites for hydroxylation is 1. The molecule has 4 heteroatoms. The van der Waals surface area contributed by atoms with Crippen LogP contribution in [0, 0.1) is 0 Å². The number of fused-ring (bicyclic) bond motifs is 1. The van der Waals surface area contributed by atoms with Gasteiger partial charge in [-0.1, -0.05) is 23.7 Å². The van der Waals surface area contributed by atoms with Crippen LogP contribution in [0.1, 0.15) is 29.5 Å². The Kier molecular flexibility index (Phi) is 2.90. The van der Waals surface area contributed by atoms with E-state index in [-0.39, 0.29) is 6.04 Å². The molecule has 1 aromatic heterocycles. The third-order valence-corrected chi connectivity index (χ3v) is 4.48. The first-order valence-electron chi connectivity index (χ1n) is 5.75. The van der Waals surface area contributed by atoms with E-state index in [4.69, 9.17) is 17.3 Å². The predicted molar refractivity (Wildman–Crippen MR) is 72.4 cm³/mol. The second kappa shape index (κ2) is 4.41. The Labute approximate surface area is 109 Å². The molecular formula is C13H13ClN2S. The lowest BCUT2D eigenvalue weighted by atomic mass is 9.99. The monoisotopic (exact) mass is 264 g/mol. The lowest BCUT2D eigenvalue weighted by molar-refractivity contribution is 0.564. The van der Waals surface area contributed by atoms with E-state index in [0.29, 0.717) is 0 Å². The summed E-state index contributed by atoms with van der Waals surface area (Å²) < 4.78 is 0. The highest BCUT2D eigenvalue weighted by atomic mass is 35.5. The van der Waals surface area contributed by atoms with Gasteiger partial charge < -0.3 is 5.73 Å². The third kappa shape index (κ3) is 2.10. The molecule has 0 radical (unpaired) electrons. The van der Waals surface area contributed by atoms with Crippen LogP contribution in [0.3, 0.4) is 0 Å². The Balaban J connectivity index is 2.05. The van der Waals surface area contributed by atoms with E-state index in [1.54, 1.807) is 11.3 Å². The molecule has 2 aromatic rings. The summed E-state index contributed by atoms with van der Waals surface area (Å²) in [4.78, 5) is 6.02. The summed E-state index contributed by atoms with van der Waals surface area (Å²) in [5.41, 5.74) is 8.27. The Morgan fingerprint density at radius 1 is 1.41 bits per heavy atom. The van der Waals surface area contributed by atoms with Gasteiger partial charge in [0, 0.05) is 21.5 Å². The van der Waals surface area contributed by atoms with Gasteiger partial charge in [-0.25, -0.2) is 4.98 Å². The smallest absolute Gasteiger partial charge is 0.123 e. The first-order valence-corrected chi connectivity index (χ1v) is 6.94. The fraction of sp³-hybridized carbons (Fsp3) is 0.308. The average Bonchev–Trinajstić information content (AvgIpc) is 2.74. The van der Waals surface area contributed by atoms with E-state index in [1.165, 1.54) is 11.3 Å². The second-order valence-electron chi connectivity index (χ2n) is 4.34. The minimum Gasteiger partial charge on any atom is -0.323 e. The SMILES string of the molecule is NC1CCCc2sc(-c3cccc(Cl)c3)nc21. The van der Waals surface area contributed by atoms with Crippen LogP contribution in [-0.2, 0) is 6.42 Å². The number of halogens is 1. The topological polar surface area (TPSA) is 38.9 Å². The van der Waals surface area contributed by atoms with Gasteiger partial charge in [0.1, 0.15) is 5.01 Å². The molecule has 0 saturated heterocycles. The van der Waals surface area contributed by atoms with Crippen molar-refractivity contribution in [2.45, 2.75) is 25.3 Å². The van der Waals surface area contributed by atoms with Gasteiger partial charge in [-0.2, -0.15) is 0 Å². The van der Waals surface area contributed by atoms with Crippen LogP contribution in [0.4, 0.5) is 0 Å². The zero-order valence-corrected chi connectivity index (χ0v) is 10.9. The number of nitrogens with zero attached hydrogens (tertiary/aromatic N) is 1. The third-order valence-electron chi connectivity index (χ3n) is 3.07. The van der Waals surface area contributed by atoms with Crippen LogP contribution in [0.5, 0.6) is 0 Å². The largest absolute Gasteiger partial charge is 0.323 e. The van der Waals surface area contributed by atoms with E-state index in [0.717, 1.165) is 34.1 Å². The molecule has 0 bridgehead atoms. The van der Waals surface area contributed by atoms with Crippen LogP contribution >= 0.6 is 22.9 Å². The lowest BCUT2D eigenvalue weighted by Crippen LogP contribution is -2.16. The minimum absolute atomic E-state index is 0.114. The highest BCUT2D eigenvalue weighted by Gasteiger charge is 2.22. The van der Waals surface area contributed by atoms with Crippen molar-refractivity contribution in [3.8, 4) is 10.6 Å². The van der Waals surface area contributed by atoms with Crippen molar-refractivity contribution in [3.63, 3.8) is 0 Å². The molecule has 3 rings (SSSR count). The molecule has 0 saturated carbocycles. The molecular weight excluding hydrogens is 252 g/mol. The van der Waals surface area contributed by atoms with Crippen LogP contribution in [-0.4, -0.2) is 4.98 Å². The maximum atomic E-state index is 6.09. The predicted octanol–water partition coefficient (Wildman–Crippen LogP) is 3.80. The summed E-state index contributed by atoms with van der Waals surface area (Å²) in [6.45, 7) is 0. The van der Waals surface area contributed by atoms with Crippen molar-refractivity contribution in [1.29, 1.82) is 0 Å². The van der Waals surface area contributed by atoms with Gasteiger partial charge in [-0.15, -0.1) is 11.3 Å². The molecule has 1 aliphatic rings. The summed E-state index contributed by atoms with van der Waals surface area (Å²) >= 11 is 7.75. The molecule has 1 unspecified atom stereocenters. The van der Waals surface area contributed by atoms with Gasteiger partial charge in [-0.05, 0) is 31.4 Å². The average molecular weight is 265 g/mol. The summed E-state index contributed by atoms with van der Waals surface area (Å²) in [7, 11) is 0. The Hall–Kier alpha value is -0.900. The molecule has 2 N–H and O–H groups in total. The minimum atomic E-state index is 0.114. The highest BCUT2D eigenvalue weighted by molar-refractivity contribution is 7.15. The van der Waals surface area contributed by atoms with E-state index in [9.17, 15) is 0 Å². The zero-order valence-electron chi connectivity index (χ0n) is 9.32. The maximum absolute atomic E-state index is 6.09. The molecule has 1 heterocycles. The van der Waals surface area contributed by atoms with Crippen LogP contribution in [0.25, 0.3) is 10.6 Å². The Morgan fingerprint density at radius 2 is 2.29 bits per heavy atom. The van der Waals surface area contributed by atoms with Gasteiger partial charge in [0.25, 0.3) is 0 Å². The number of rotatable bonds is 1. The molecule has 0 fully saturated rings. The van der Waals surface area contributed by atoms with E-state index in [2.05, 4.69) is 4.98 Å². The highest BCUT2D eigenvalue weighted by Crippen LogP contribution is 2.36. The van der Waals surface area contributed by atoms with E-state index in [1.807, 2.05) is 24.3 Å². The van der Waals surface area contributed by atoms with E-state index < -0.39 is 0 Å². The van der Waals surface area contributed by atoms with Crippen molar-refractivity contribution < 1.29 is 0 Å². The van der Waals surface area contributed by atoms with Crippen LogP contribution < -0.4 is 5.73 Å². The Bertz CT molecular complexity index is 550. The van der Waals surface area contributed by atoms with Crippen molar-refractivity contribution >= 4 is 22.9 Å². The van der Waals surface area contributed by atoms with Crippen molar-refractivity contribution in [2.24, 2.45) is 5.73 Å². The summed E-state index contributed by atoms with van der Waals surface area (Å²) in [5, 5.41) is 1.79. The number of hydrogen-bond donors (Lipinski definition) is 1. The molecule has 1 aromatic carbocycles. The Morgan fingerprint density at radius 3 is 3.06 bits per heavy atom. The second-order valence-corrected chi connectivity index (χ2v) is 5.86. The quantitative estimate of drug-likeness (QED) is 0.851. The van der Waals surface area contributed by atoms with Crippen LogP contribution in [0.2, 0.25) is 5.02 Å². The summed E-state index contributed by atoms with van der Waals surface area (Å²) in [6.07, 6.45) is 3.33. The van der Waals surface area contributed by atoms with Gasteiger partial charge in [0.05, 0.1) is 5.69 Å². The molecule has 1 atom stereocenters. The molecule has 0 amide bonds. The van der Waals surface area contributed by atoms with Gasteiger partial charge in [-0.3, -0.25) is 0 Å². The van der Waals surface area contributed by atoms with Gasteiger partial charge in [0.15, 0.2) is 0 Å². The van der Waals surface area contributed by atoms with Gasteiger partial charge in [0.2, 0.25) is 0 Å². The number of aromatic nitrogens is 1. The molecule has 0 aliphatic heterocycles. The van der Waals surface area contributed by atoms with E-state index >= 15 is 0 Å². The molecule has 0 spiro atoms. The first-order chi connectivity index (χ1) is 8.24. The summed E-state index contributed by atoms with van der Waals surface area (Å²) in [5.74, 6) is 0. The fourth-order valence-corrected chi connectivity index (χ4v) is 3.56. The number of nitrogens with two attached hydrogens (primary N) is 1. The standard InChI is InChI=1S/C13H13ClN2S/c14-9-4-1-3-8(7-9)13-16-12-10(15)5-2-6-11(12)17-13/h1,3-4,7,10H,2,5-6,15H2. The summed E-state index contributed by atoms with van der Waals surface area (Å²) in [6, 6.07) is 7.95. The zero-order chi connectivity index (χ0) is 11.8. The molecule has 88 valence electrons. The normalized spacial score (nSPS) is 19.1. The lowest BCUT2D eigenvalue weighted by Gasteiger charge is -2.15. The maximum Gasteiger partial charge on any atom is 0.123 e. The van der Waals surface area contributed by atoms with Crippen molar-refractivity contribution in [1.82, 2.24) is 4.98 Å². The van der Waals surface area contributed by atoms with Crippen LogP contribution in [0.15, 0.2) is 24.3 Å². The number of benzene rings is 1. The number of hydrogen-bond acceptors (Lipinski definition) is 3. The number of thiazole rings is 1. The molecule has 2 nitrogen and oxygen atoms in total. The fourth-order valence-electron chi connectivity index (χ4n) is 2.20.